The van der Waals surface area contributed by atoms with Crippen molar-refractivity contribution in [2.24, 2.45) is 7.05 Å². The van der Waals surface area contributed by atoms with Crippen molar-refractivity contribution in [2.45, 2.75) is 18.9 Å². The number of carbonyl (C=O) groups is 2. The van der Waals surface area contributed by atoms with E-state index >= 15 is 0 Å². The highest BCUT2D eigenvalue weighted by molar-refractivity contribution is 5.97. The van der Waals surface area contributed by atoms with Crippen molar-refractivity contribution in [1.29, 1.82) is 0 Å². The number of aromatic amines is 1. The summed E-state index contributed by atoms with van der Waals surface area (Å²) in [5.41, 5.74) is -0.178. The second-order valence-electron chi connectivity index (χ2n) is 6.33. The van der Waals surface area contributed by atoms with Gasteiger partial charge in [-0.3, -0.25) is 19.0 Å². The highest BCUT2D eigenvalue weighted by Crippen LogP contribution is 2.25. The highest BCUT2D eigenvalue weighted by Gasteiger charge is 2.31. The largest absolute Gasteiger partial charge is 0.497 e. The van der Waals surface area contributed by atoms with Crippen LogP contribution in [0.4, 0.5) is 5.69 Å². The number of benzene rings is 1. The number of nitrogens with one attached hydrogen (secondary N) is 2. The molecule has 0 spiro atoms. The molecule has 1 aromatic carbocycles. The van der Waals surface area contributed by atoms with E-state index in [-0.39, 0.29) is 36.3 Å². The van der Waals surface area contributed by atoms with E-state index in [4.69, 9.17) is 4.74 Å². The number of carbonyl (C=O) groups excluding carboxylic acids is 2. The van der Waals surface area contributed by atoms with E-state index in [0.29, 0.717) is 18.0 Å². The molecule has 2 heterocycles. The first kappa shape index (κ1) is 18.4. The Kier molecular flexibility index (Phi) is 5.11. The smallest absolute Gasteiger partial charge is 0.328 e. The molecule has 0 saturated carbocycles. The minimum atomic E-state index is -0.542. The van der Waals surface area contributed by atoms with Crippen molar-refractivity contribution in [2.75, 3.05) is 18.6 Å². The third kappa shape index (κ3) is 3.91. The molecule has 9 heteroatoms. The number of H-pyrrole nitrogens is 1. The van der Waals surface area contributed by atoms with Crippen LogP contribution in [-0.2, 0) is 23.1 Å². The molecule has 1 fully saturated rings. The Balaban J connectivity index is 1.66. The molecule has 1 aromatic heterocycles. The van der Waals surface area contributed by atoms with Gasteiger partial charge in [0, 0.05) is 43.5 Å². The van der Waals surface area contributed by atoms with Gasteiger partial charge < -0.3 is 19.9 Å². The van der Waals surface area contributed by atoms with Gasteiger partial charge in [-0.25, -0.2) is 4.79 Å². The highest BCUT2D eigenvalue weighted by atomic mass is 16.5. The van der Waals surface area contributed by atoms with E-state index in [0.717, 1.165) is 4.57 Å². The summed E-state index contributed by atoms with van der Waals surface area (Å²) in [4.78, 5) is 51.9. The Morgan fingerprint density at radius 2 is 2.11 bits per heavy atom. The van der Waals surface area contributed by atoms with E-state index < -0.39 is 11.2 Å². The first-order valence-corrected chi connectivity index (χ1v) is 8.40. The molecule has 2 aromatic rings. The van der Waals surface area contributed by atoms with Crippen LogP contribution in [0.3, 0.4) is 0 Å². The number of rotatable bonds is 5. The van der Waals surface area contributed by atoms with Gasteiger partial charge in [0.2, 0.25) is 11.8 Å². The van der Waals surface area contributed by atoms with Crippen LogP contribution >= 0.6 is 0 Å². The molecule has 1 aliphatic rings. The number of ether oxygens (including phenoxy) is 1. The lowest BCUT2D eigenvalue weighted by molar-refractivity contribution is -0.121. The number of amides is 2. The number of aromatic nitrogens is 2. The van der Waals surface area contributed by atoms with Crippen LogP contribution in [0.25, 0.3) is 0 Å². The van der Waals surface area contributed by atoms with Crippen LogP contribution in [-0.4, -0.2) is 41.1 Å². The molecule has 27 heavy (non-hydrogen) atoms. The predicted molar refractivity (Wildman–Crippen MR) is 97.9 cm³/mol. The summed E-state index contributed by atoms with van der Waals surface area (Å²) in [5, 5.41) is 2.77. The summed E-state index contributed by atoms with van der Waals surface area (Å²) in [6.45, 7) is 0.335. The maximum Gasteiger partial charge on any atom is 0.328 e. The molecule has 1 unspecified atom stereocenters. The first-order chi connectivity index (χ1) is 12.9. The van der Waals surface area contributed by atoms with E-state index in [9.17, 15) is 19.2 Å². The van der Waals surface area contributed by atoms with Crippen LogP contribution in [0.5, 0.6) is 5.75 Å². The zero-order chi connectivity index (χ0) is 19.6. The minimum absolute atomic E-state index is 0.103. The quantitative estimate of drug-likeness (QED) is 0.738. The molecular weight excluding hydrogens is 352 g/mol. The van der Waals surface area contributed by atoms with Crippen LogP contribution in [0.2, 0.25) is 0 Å². The Bertz CT molecular complexity index is 994. The summed E-state index contributed by atoms with van der Waals surface area (Å²) in [6, 6.07) is 6.77. The average Bonchev–Trinajstić information content (AvgIpc) is 3.02. The molecule has 142 valence electrons. The van der Waals surface area contributed by atoms with Crippen LogP contribution in [0.15, 0.2) is 40.1 Å². The van der Waals surface area contributed by atoms with Gasteiger partial charge in [-0.2, -0.15) is 0 Å². The molecule has 1 aliphatic heterocycles. The summed E-state index contributed by atoms with van der Waals surface area (Å²) >= 11 is 0. The van der Waals surface area contributed by atoms with Gasteiger partial charge in [0.1, 0.15) is 5.75 Å². The number of hydrogen-bond acceptors (Lipinski definition) is 5. The zero-order valence-electron chi connectivity index (χ0n) is 15.0. The molecule has 2 amide bonds. The van der Waals surface area contributed by atoms with Crippen LogP contribution in [0.1, 0.15) is 12.0 Å². The van der Waals surface area contributed by atoms with Crippen LogP contribution < -0.4 is 26.2 Å². The number of anilines is 1. The molecule has 1 saturated heterocycles. The van der Waals surface area contributed by atoms with Gasteiger partial charge in [-0.15, -0.1) is 0 Å². The van der Waals surface area contributed by atoms with Gasteiger partial charge >= 0.3 is 5.69 Å². The maximum atomic E-state index is 12.3. The van der Waals surface area contributed by atoms with E-state index in [1.54, 1.807) is 36.3 Å². The van der Waals surface area contributed by atoms with Crippen molar-refractivity contribution in [3.8, 4) is 5.75 Å². The van der Waals surface area contributed by atoms with Crippen molar-refractivity contribution in [1.82, 2.24) is 14.9 Å². The monoisotopic (exact) mass is 372 g/mol. The van der Waals surface area contributed by atoms with Gasteiger partial charge in [0.25, 0.3) is 5.56 Å². The lowest BCUT2D eigenvalue weighted by Gasteiger charge is -2.18. The fourth-order valence-electron chi connectivity index (χ4n) is 3.03. The number of methoxy groups -OCH3 is 1. The second-order valence-corrected chi connectivity index (χ2v) is 6.33. The van der Waals surface area contributed by atoms with Gasteiger partial charge in [-0.05, 0) is 12.1 Å². The summed E-state index contributed by atoms with van der Waals surface area (Å²) < 4.78 is 6.08. The molecule has 2 N–H and O–H groups in total. The van der Waals surface area contributed by atoms with E-state index in [2.05, 4.69) is 10.3 Å². The number of hydrogen-bond donors (Lipinski definition) is 2. The Morgan fingerprint density at radius 1 is 1.33 bits per heavy atom. The van der Waals surface area contributed by atoms with Crippen LogP contribution in [0, 0.1) is 0 Å². The van der Waals surface area contributed by atoms with Crippen molar-refractivity contribution in [3.63, 3.8) is 0 Å². The third-order valence-corrected chi connectivity index (χ3v) is 4.46. The topological polar surface area (TPSA) is 114 Å². The maximum absolute atomic E-state index is 12.3. The Morgan fingerprint density at radius 3 is 2.85 bits per heavy atom. The van der Waals surface area contributed by atoms with Gasteiger partial charge in [-0.1, -0.05) is 6.07 Å². The van der Waals surface area contributed by atoms with Crippen molar-refractivity contribution < 1.29 is 14.3 Å². The molecule has 1 atom stereocenters. The fourth-order valence-corrected chi connectivity index (χ4v) is 3.03. The third-order valence-electron chi connectivity index (χ3n) is 4.46. The first-order valence-electron chi connectivity index (χ1n) is 8.40. The molecule has 3 rings (SSSR count). The van der Waals surface area contributed by atoms with E-state index in [1.165, 1.54) is 13.2 Å². The molecule has 9 nitrogen and oxygen atoms in total. The van der Waals surface area contributed by atoms with Gasteiger partial charge in [0.05, 0.1) is 19.6 Å². The summed E-state index contributed by atoms with van der Waals surface area (Å²) in [5.74, 6) is 0.152. The second kappa shape index (κ2) is 7.48. The Hall–Kier alpha value is -3.36. The normalized spacial score (nSPS) is 16.4. The summed E-state index contributed by atoms with van der Waals surface area (Å²) in [7, 11) is 2.89. The Labute approximate surface area is 154 Å². The van der Waals surface area contributed by atoms with Crippen molar-refractivity contribution >= 4 is 17.5 Å². The van der Waals surface area contributed by atoms with Crippen molar-refractivity contribution in [3.05, 3.63) is 56.9 Å². The SMILES string of the molecule is COc1cccc(N2CC(NC(=O)Cc3c[nH]c(=O)n(C)c3=O)CC2=O)c1. The lowest BCUT2D eigenvalue weighted by Crippen LogP contribution is -2.40. The number of nitrogens with zero attached hydrogens (tertiary/aromatic N) is 2. The molecule has 0 radical (unpaired) electrons. The predicted octanol–water partition coefficient (Wildman–Crippen LogP) is -0.454. The average molecular weight is 372 g/mol. The van der Waals surface area contributed by atoms with Gasteiger partial charge in [0.15, 0.2) is 0 Å². The summed E-state index contributed by atoms with van der Waals surface area (Å²) in [6.07, 6.45) is 1.24. The molecular formula is C18H20N4O5. The van der Waals surface area contributed by atoms with E-state index in [1.807, 2.05) is 0 Å². The molecule has 0 aliphatic carbocycles. The standard InChI is InChI=1S/C18H20N4O5/c1-21-17(25)11(9-19-18(21)26)6-15(23)20-12-7-16(24)22(10-12)13-4-3-5-14(8-13)27-2/h3-5,8-9,12H,6-7,10H2,1-2H3,(H,19,26)(H,20,23). The zero-order valence-corrected chi connectivity index (χ0v) is 15.0. The fraction of sp³-hybridized carbons (Fsp3) is 0.333. The minimum Gasteiger partial charge on any atom is -0.497 e. The molecule has 0 bridgehead atoms. The lowest BCUT2D eigenvalue weighted by atomic mass is 10.2.